The molecule has 1 saturated carbocycles. The molecule has 1 N–H and O–H groups in total. The van der Waals surface area contributed by atoms with Gasteiger partial charge >= 0.3 is 5.97 Å². The Kier molecular flexibility index (Phi) is 6.32. The van der Waals surface area contributed by atoms with Gasteiger partial charge in [0, 0.05) is 19.6 Å². The standard InChI is InChI=1S/C20H29NO4/c1-15-12-17(25-14-16-4-2-3-5-16)6-7-18(15)19-13-21(10-11-24-19)9-8-20(22)23/h6-7,12,16,19H,2-5,8-11,13-14H2,1H3,(H,22,23)/t19-/m0/s1. The number of ether oxygens (including phenoxy) is 2. The van der Waals surface area contributed by atoms with Crippen molar-refractivity contribution in [2.75, 3.05) is 32.8 Å². The van der Waals surface area contributed by atoms with Crippen LogP contribution in [0.25, 0.3) is 0 Å². The molecule has 0 radical (unpaired) electrons. The van der Waals surface area contributed by atoms with E-state index in [1.54, 1.807) is 0 Å². The van der Waals surface area contributed by atoms with E-state index < -0.39 is 5.97 Å². The topological polar surface area (TPSA) is 59.0 Å². The van der Waals surface area contributed by atoms with E-state index in [2.05, 4.69) is 24.0 Å². The van der Waals surface area contributed by atoms with Gasteiger partial charge in [-0.25, -0.2) is 0 Å². The van der Waals surface area contributed by atoms with Crippen LogP contribution in [0.1, 0.15) is 49.3 Å². The summed E-state index contributed by atoms with van der Waals surface area (Å²) in [6.45, 7) is 5.68. The minimum Gasteiger partial charge on any atom is -0.493 e. The molecule has 2 aliphatic rings. The van der Waals surface area contributed by atoms with Crippen LogP contribution in [0.4, 0.5) is 0 Å². The lowest BCUT2D eigenvalue weighted by atomic mass is 10.0. The third-order valence-electron chi connectivity index (χ3n) is 5.34. The predicted octanol–water partition coefficient (Wildman–Crippen LogP) is 3.41. The van der Waals surface area contributed by atoms with Crippen molar-refractivity contribution in [3.63, 3.8) is 0 Å². The largest absolute Gasteiger partial charge is 0.493 e. The summed E-state index contributed by atoms with van der Waals surface area (Å²) < 4.78 is 11.9. The van der Waals surface area contributed by atoms with E-state index in [0.717, 1.165) is 25.4 Å². The maximum Gasteiger partial charge on any atom is 0.304 e. The molecule has 0 unspecified atom stereocenters. The fraction of sp³-hybridized carbons (Fsp3) is 0.650. The minimum absolute atomic E-state index is 0.00595. The lowest BCUT2D eigenvalue weighted by molar-refractivity contribution is -0.137. The van der Waals surface area contributed by atoms with Gasteiger partial charge in [0.15, 0.2) is 0 Å². The van der Waals surface area contributed by atoms with Crippen molar-refractivity contribution in [3.05, 3.63) is 29.3 Å². The Hall–Kier alpha value is -1.59. The number of rotatable bonds is 7. The number of benzene rings is 1. The number of aliphatic carboxylic acids is 1. The second-order valence-corrected chi connectivity index (χ2v) is 7.28. The number of morpholine rings is 1. The molecule has 0 spiro atoms. The van der Waals surface area contributed by atoms with Crippen molar-refractivity contribution in [2.24, 2.45) is 5.92 Å². The summed E-state index contributed by atoms with van der Waals surface area (Å²) in [6, 6.07) is 6.24. The van der Waals surface area contributed by atoms with E-state index in [-0.39, 0.29) is 12.5 Å². The molecule has 1 aromatic rings. The quantitative estimate of drug-likeness (QED) is 0.819. The monoisotopic (exact) mass is 347 g/mol. The molecule has 1 atom stereocenters. The Balaban J connectivity index is 1.56. The zero-order chi connectivity index (χ0) is 17.6. The fourth-order valence-electron chi connectivity index (χ4n) is 3.84. The van der Waals surface area contributed by atoms with Crippen molar-refractivity contribution in [1.29, 1.82) is 0 Å². The van der Waals surface area contributed by atoms with Gasteiger partial charge in [-0.2, -0.15) is 0 Å². The van der Waals surface area contributed by atoms with E-state index in [0.29, 0.717) is 19.1 Å². The van der Waals surface area contributed by atoms with Gasteiger partial charge in [-0.1, -0.05) is 18.9 Å². The van der Waals surface area contributed by atoms with Gasteiger partial charge in [-0.3, -0.25) is 9.69 Å². The van der Waals surface area contributed by atoms with Crippen LogP contribution in [0.15, 0.2) is 18.2 Å². The molecule has 0 aromatic heterocycles. The zero-order valence-electron chi connectivity index (χ0n) is 15.1. The molecule has 1 aliphatic heterocycles. The van der Waals surface area contributed by atoms with Gasteiger partial charge in [0.1, 0.15) is 5.75 Å². The van der Waals surface area contributed by atoms with E-state index in [1.807, 2.05) is 6.07 Å². The maximum atomic E-state index is 10.8. The van der Waals surface area contributed by atoms with E-state index in [4.69, 9.17) is 14.6 Å². The van der Waals surface area contributed by atoms with Crippen molar-refractivity contribution >= 4 is 5.97 Å². The highest BCUT2D eigenvalue weighted by molar-refractivity contribution is 5.66. The van der Waals surface area contributed by atoms with Crippen molar-refractivity contribution in [3.8, 4) is 5.75 Å². The Morgan fingerprint density at radius 2 is 2.16 bits per heavy atom. The molecule has 1 heterocycles. The number of carboxylic acid groups (broad SMARTS) is 1. The summed E-state index contributed by atoms with van der Waals surface area (Å²) in [5.41, 5.74) is 2.35. The normalized spacial score (nSPS) is 22.2. The van der Waals surface area contributed by atoms with Crippen molar-refractivity contribution < 1.29 is 19.4 Å². The summed E-state index contributed by atoms with van der Waals surface area (Å²) in [4.78, 5) is 12.9. The molecule has 0 bridgehead atoms. The minimum atomic E-state index is -0.747. The Labute approximate surface area is 149 Å². The van der Waals surface area contributed by atoms with Gasteiger partial charge in [-0.15, -0.1) is 0 Å². The molecular formula is C20H29NO4. The third-order valence-corrected chi connectivity index (χ3v) is 5.34. The van der Waals surface area contributed by atoms with Gasteiger partial charge in [0.2, 0.25) is 0 Å². The molecule has 3 rings (SSSR count). The molecule has 2 fully saturated rings. The Morgan fingerprint density at radius 1 is 1.36 bits per heavy atom. The van der Waals surface area contributed by atoms with E-state index in [9.17, 15) is 4.79 Å². The first-order valence-electron chi connectivity index (χ1n) is 9.41. The molecule has 25 heavy (non-hydrogen) atoms. The maximum absolute atomic E-state index is 10.8. The first kappa shape index (κ1) is 18.2. The van der Waals surface area contributed by atoms with E-state index >= 15 is 0 Å². The number of carbonyl (C=O) groups is 1. The number of aryl methyl sites for hydroxylation is 1. The second kappa shape index (κ2) is 8.68. The highest BCUT2D eigenvalue weighted by Gasteiger charge is 2.24. The van der Waals surface area contributed by atoms with Crippen LogP contribution in [0.5, 0.6) is 5.75 Å². The highest BCUT2D eigenvalue weighted by Crippen LogP contribution is 2.29. The van der Waals surface area contributed by atoms with Crippen LogP contribution in [0, 0.1) is 12.8 Å². The summed E-state index contributed by atoms with van der Waals surface area (Å²) in [5.74, 6) is 0.902. The van der Waals surface area contributed by atoms with Gasteiger partial charge < -0.3 is 14.6 Å². The van der Waals surface area contributed by atoms with E-state index in [1.165, 1.54) is 36.8 Å². The summed E-state index contributed by atoms with van der Waals surface area (Å²) in [5, 5.41) is 8.86. The SMILES string of the molecule is Cc1cc(OCC2CCCC2)ccc1[C@@H]1CN(CCC(=O)O)CCO1. The van der Waals surface area contributed by atoms with Crippen LogP contribution in [-0.4, -0.2) is 48.8 Å². The number of carboxylic acids is 1. The molecule has 5 nitrogen and oxygen atoms in total. The second-order valence-electron chi connectivity index (χ2n) is 7.28. The first-order valence-corrected chi connectivity index (χ1v) is 9.41. The van der Waals surface area contributed by atoms with Crippen molar-refractivity contribution in [1.82, 2.24) is 4.90 Å². The van der Waals surface area contributed by atoms with Crippen LogP contribution >= 0.6 is 0 Å². The molecule has 1 saturated heterocycles. The average Bonchev–Trinajstić information content (AvgIpc) is 3.12. The number of hydrogen-bond acceptors (Lipinski definition) is 4. The lowest BCUT2D eigenvalue weighted by Gasteiger charge is -2.33. The highest BCUT2D eigenvalue weighted by atomic mass is 16.5. The lowest BCUT2D eigenvalue weighted by Crippen LogP contribution is -2.39. The summed E-state index contributed by atoms with van der Waals surface area (Å²) >= 11 is 0. The van der Waals surface area contributed by atoms with Gasteiger partial charge in [-0.05, 0) is 48.9 Å². The molecule has 5 heteroatoms. The van der Waals surface area contributed by atoms with Gasteiger partial charge in [0.25, 0.3) is 0 Å². The number of hydrogen-bond donors (Lipinski definition) is 1. The van der Waals surface area contributed by atoms with Crippen molar-refractivity contribution in [2.45, 2.75) is 45.1 Å². The van der Waals surface area contributed by atoms with Gasteiger partial charge in [0.05, 0.1) is 25.7 Å². The van der Waals surface area contributed by atoms with Crippen LogP contribution in [0.3, 0.4) is 0 Å². The molecule has 1 aromatic carbocycles. The zero-order valence-corrected chi connectivity index (χ0v) is 15.1. The Bertz CT molecular complexity index is 583. The smallest absolute Gasteiger partial charge is 0.304 e. The third kappa shape index (κ3) is 5.19. The van der Waals surface area contributed by atoms with Crippen LogP contribution in [-0.2, 0) is 9.53 Å². The Morgan fingerprint density at radius 3 is 2.88 bits per heavy atom. The first-order chi connectivity index (χ1) is 12.1. The van der Waals surface area contributed by atoms with Crippen LogP contribution in [0.2, 0.25) is 0 Å². The molecule has 138 valence electrons. The molecule has 0 amide bonds. The summed E-state index contributed by atoms with van der Waals surface area (Å²) in [6.07, 6.45) is 5.44. The molecular weight excluding hydrogens is 318 g/mol. The van der Waals surface area contributed by atoms with Crippen LogP contribution < -0.4 is 4.74 Å². The average molecular weight is 347 g/mol. The molecule has 1 aliphatic carbocycles. The fourth-order valence-corrected chi connectivity index (χ4v) is 3.84. The predicted molar refractivity (Wildman–Crippen MR) is 96.0 cm³/mol. The number of nitrogens with zero attached hydrogens (tertiary/aromatic N) is 1. The summed E-state index contributed by atoms with van der Waals surface area (Å²) in [7, 11) is 0.